The van der Waals surface area contributed by atoms with E-state index in [0.29, 0.717) is 0 Å². The maximum atomic E-state index is 2.52. The molecule has 0 aliphatic carbocycles. The van der Waals surface area contributed by atoms with Crippen molar-refractivity contribution in [3.8, 4) is 0 Å². The van der Waals surface area contributed by atoms with Gasteiger partial charge >= 0.3 is 0 Å². The van der Waals surface area contributed by atoms with Crippen molar-refractivity contribution in [3.63, 3.8) is 0 Å². The van der Waals surface area contributed by atoms with Crippen LogP contribution in [0.4, 0.5) is 0 Å². The summed E-state index contributed by atoms with van der Waals surface area (Å²) in [7, 11) is -2.97. The van der Waals surface area contributed by atoms with Gasteiger partial charge in [-0.05, 0) is 5.56 Å². The number of hydrogen-bond donors (Lipinski definition) is 0. The number of hydrogen-bond acceptors (Lipinski definition) is 0. The molecule has 0 unspecified atom stereocenters. The van der Waals surface area contributed by atoms with Crippen LogP contribution in [0.15, 0.2) is 59.4 Å². The van der Waals surface area contributed by atoms with Crippen LogP contribution in [0.5, 0.6) is 0 Å². The molecule has 0 bridgehead atoms. The Hall–Kier alpha value is -1.39. The fourth-order valence-electron chi connectivity index (χ4n) is 3.72. The molecular formula is C18H22Si2. The van der Waals surface area contributed by atoms with Crippen molar-refractivity contribution >= 4 is 32.6 Å². The van der Waals surface area contributed by atoms with Crippen molar-refractivity contribution in [2.75, 3.05) is 0 Å². The Morgan fingerprint density at radius 2 is 1.10 bits per heavy atom. The quantitative estimate of drug-likeness (QED) is 0.704. The highest BCUT2D eigenvalue weighted by molar-refractivity contribution is 7.23. The highest BCUT2D eigenvalue weighted by atomic mass is 28.4. The summed E-state index contributed by atoms with van der Waals surface area (Å²) < 4.78 is 0. The van der Waals surface area contributed by atoms with E-state index in [-0.39, 0.29) is 0 Å². The van der Waals surface area contributed by atoms with Gasteiger partial charge in [-0.3, -0.25) is 0 Å². The minimum absolute atomic E-state index is 1.36. The fourth-order valence-corrected chi connectivity index (χ4v) is 16.8. The van der Waals surface area contributed by atoms with Gasteiger partial charge < -0.3 is 0 Å². The zero-order valence-corrected chi connectivity index (χ0v) is 14.8. The van der Waals surface area contributed by atoms with Gasteiger partial charge in [0.2, 0.25) is 0 Å². The van der Waals surface area contributed by atoms with E-state index in [2.05, 4.69) is 86.9 Å². The van der Waals surface area contributed by atoms with Crippen molar-refractivity contribution in [1.82, 2.24) is 0 Å². The van der Waals surface area contributed by atoms with Crippen molar-refractivity contribution in [2.24, 2.45) is 0 Å². The molecular weight excluding hydrogens is 272 g/mol. The van der Waals surface area contributed by atoms with Crippen LogP contribution in [-0.4, -0.2) is 16.1 Å². The van der Waals surface area contributed by atoms with Crippen LogP contribution >= 0.6 is 0 Å². The SMILES string of the molecule is C[Si]1(C)C(=Cc2ccccc2)[Si](C)(C)c2ccccc21. The van der Waals surface area contributed by atoms with Crippen LogP contribution in [0.25, 0.3) is 6.08 Å². The summed E-state index contributed by atoms with van der Waals surface area (Å²) in [4.78, 5) is 1.78. The number of fused-ring (bicyclic) bond motifs is 1. The van der Waals surface area contributed by atoms with Gasteiger partial charge in [-0.15, -0.1) is 0 Å². The number of benzene rings is 2. The van der Waals surface area contributed by atoms with Crippen LogP contribution in [0, 0.1) is 0 Å². The summed E-state index contributed by atoms with van der Waals surface area (Å²) in [5, 5.41) is 3.33. The topological polar surface area (TPSA) is 0 Å². The summed E-state index contributed by atoms with van der Waals surface area (Å²) in [6.07, 6.45) is 2.50. The van der Waals surface area contributed by atoms with E-state index < -0.39 is 16.1 Å². The first-order valence-corrected chi connectivity index (χ1v) is 13.3. The van der Waals surface area contributed by atoms with Gasteiger partial charge in [0.05, 0.1) is 0 Å². The molecule has 0 saturated carbocycles. The van der Waals surface area contributed by atoms with Gasteiger partial charge in [-0.1, -0.05) is 102 Å². The Morgan fingerprint density at radius 3 is 1.60 bits per heavy atom. The second kappa shape index (κ2) is 4.57. The maximum absolute atomic E-state index is 2.52. The van der Waals surface area contributed by atoms with Crippen LogP contribution in [0.3, 0.4) is 0 Å². The van der Waals surface area contributed by atoms with Gasteiger partial charge in [-0.25, -0.2) is 0 Å². The zero-order valence-electron chi connectivity index (χ0n) is 12.8. The molecule has 20 heavy (non-hydrogen) atoms. The number of rotatable bonds is 1. The molecule has 0 N–H and O–H groups in total. The summed E-state index contributed by atoms with van der Waals surface area (Å²) in [5.41, 5.74) is 1.36. The molecule has 1 aliphatic heterocycles. The highest BCUT2D eigenvalue weighted by Gasteiger charge is 2.48. The first-order valence-electron chi connectivity index (χ1n) is 7.32. The monoisotopic (exact) mass is 294 g/mol. The van der Waals surface area contributed by atoms with Crippen LogP contribution < -0.4 is 10.4 Å². The third-order valence-corrected chi connectivity index (χ3v) is 15.3. The molecule has 0 fully saturated rings. The summed E-state index contributed by atoms with van der Waals surface area (Å²) in [5.74, 6) is 0. The average molecular weight is 295 g/mol. The molecule has 0 atom stereocenters. The predicted molar refractivity (Wildman–Crippen MR) is 95.1 cm³/mol. The van der Waals surface area contributed by atoms with E-state index in [0.717, 1.165) is 0 Å². The molecule has 0 radical (unpaired) electrons. The standard InChI is InChI=1S/C18H22Si2/c1-19(2)16-12-8-9-13-17(16)20(3,4)18(19)14-15-10-6-5-7-11-15/h5-14H,1-4H3. The Kier molecular flexibility index (Phi) is 3.11. The molecule has 0 nitrogen and oxygen atoms in total. The fraction of sp³-hybridized carbons (Fsp3) is 0.222. The predicted octanol–water partition coefficient (Wildman–Crippen LogP) is 3.69. The lowest BCUT2D eigenvalue weighted by Gasteiger charge is -2.26. The van der Waals surface area contributed by atoms with E-state index >= 15 is 0 Å². The average Bonchev–Trinajstić information content (AvgIpc) is 2.59. The lowest BCUT2D eigenvalue weighted by atomic mass is 10.2. The zero-order chi connectivity index (χ0) is 14.4. The van der Waals surface area contributed by atoms with Crippen LogP contribution in [0.2, 0.25) is 26.2 Å². The Morgan fingerprint density at radius 1 is 0.650 bits per heavy atom. The normalized spacial score (nSPS) is 18.7. The molecule has 2 aromatic rings. The molecule has 0 spiro atoms. The maximum Gasteiger partial charge on any atom is 0.103 e. The van der Waals surface area contributed by atoms with E-state index in [1.807, 2.05) is 0 Å². The third-order valence-electron chi connectivity index (χ3n) is 4.73. The Labute approximate surface area is 124 Å². The van der Waals surface area contributed by atoms with E-state index in [9.17, 15) is 0 Å². The summed E-state index contributed by atoms with van der Waals surface area (Å²) >= 11 is 0. The van der Waals surface area contributed by atoms with Crippen LogP contribution in [0.1, 0.15) is 5.56 Å². The van der Waals surface area contributed by atoms with Crippen molar-refractivity contribution in [2.45, 2.75) is 26.2 Å². The lowest BCUT2D eigenvalue weighted by Crippen LogP contribution is -2.43. The van der Waals surface area contributed by atoms with Gasteiger partial charge in [-0.2, -0.15) is 0 Å². The highest BCUT2D eigenvalue weighted by Crippen LogP contribution is 2.32. The second-order valence-corrected chi connectivity index (χ2v) is 15.9. The molecule has 3 rings (SSSR count). The molecule has 102 valence electrons. The molecule has 1 heterocycles. The smallest absolute Gasteiger partial charge is 0.0810 e. The van der Waals surface area contributed by atoms with E-state index in [1.54, 1.807) is 15.2 Å². The lowest BCUT2D eigenvalue weighted by molar-refractivity contribution is 1.65. The molecule has 0 aromatic heterocycles. The first-order chi connectivity index (χ1) is 9.44. The van der Waals surface area contributed by atoms with Gasteiger partial charge in [0.25, 0.3) is 0 Å². The minimum Gasteiger partial charge on any atom is -0.0810 e. The molecule has 2 aromatic carbocycles. The van der Waals surface area contributed by atoms with E-state index in [1.165, 1.54) is 5.56 Å². The van der Waals surface area contributed by atoms with Gasteiger partial charge in [0.15, 0.2) is 0 Å². The summed E-state index contributed by atoms with van der Waals surface area (Å²) in [6, 6.07) is 20.0. The largest absolute Gasteiger partial charge is 0.103 e. The van der Waals surface area contributed by atoms with Crippen molar-refractivity contribution in [3.05, 3.63) is 65.0 Å². The molecule has 0 saturated heterocycles. The Bertz CT molecular complexity index is 630. The Balaban J connectivity index is 2.21. The second-order valence-electron chi connectivity index (χ2n) is 6.76. The third kappa shape index (κ3) is 1.95. The summed E-state index contributed by atoms with van der Waals surface area (Å²) in [6.45, 7) is 10.1. The van der Waals surface area contributed by atoms with Crippen molar-refractivity contribution < 1.29 is 0 Å². The van der Waals surface area contributed by atoms with Crippen molar-refractivity contribution in [1.29, 1.82) is 0 Å². The molecule has 1 aliphatic rings. The van der Waals surface area contributed by atoms with Gasteiger partial charge in [0.1, 0.15) is 16.1 Å². The van der Waals surface area contributed by atoms with Crippen LogP contribution in [-0.2, 0) is 0 Å². The molecule has 0 amide bonds. The first kappa shape index (κ1) is 13.6. The van der Waals surface area contributed by atoms with Gasteiger partial charge in [0, 0.05) is 0 Å². The minimum atomic E-state index is -1.49. The van der Waals surface area contributed by atoms with E-state index in [4.69, 9.17) is 0 Å². The molecule has 2 heteroatoms.